The average Bonchev–Trinajstić information content (AvgIpc) is 3.29. The van der Waals surface area contributed by atoms with Crippen LogP contribution in [-0.4, -0.2) is 46.3 Å². The summed E-state index contributed by atoms with van der Waals surface area (Å²) in [5.41, 5.74) is -1.22. The Morgan fingerprint density at radius 2 is 1.74 bits per heavy atom. The fraction of sp³-hybridized carbons (Fsp3) is 0.304. The highest BCUT2D eigenvalue weighted by atomic mass is 19.4. The van der Waals surface area contributed by atoms with Crippen molar-refractivity contribution in [2.45, 2.75) is 25.9 Å². The molecule has 3 aromatic rings. The van der Waals surface area contributed by atoms with E-state index in [1.165, 1.54) is 6.20 Å². The van der Waals surface area contributed by atoms with Crippen LogP contribution in [0.25, 0.3) is 5.69 Å². The summed E-state index contributed by atoms with van der Waals surface area (Å²) in [7, 11) is 0. The lowest BCUT2D eigenvalue weighted by Crippen LogP contribution is -2.35. The maximum absolute atomic E-state index is 13.4. The van der Waals surface area contributed by atoms with Crippen molar-refractivity contribution in [1.82, 2.24) is 25.4 Å². The standard InChI is InChI=1S/C23H24F3N5O3/c1-2-3-13-34-19-10-9-16(14-29-19)21(32)27-11-12-28-22(33)18-15-31(17-7-5-4-6-8-17)30-20(18)23(24,25)26/h4-10,14-15H,2-3,11-13H2,1H3,(H,27,32)(H,28,33). The van der Waals surface area contributed by atoms with Crippen LogP contribution < -0.4 is 15.4 Å². The molecule has 0 fully saturated rings. The second-order valence-electron chi connectivity index (χ2n) is 7.27. The highest BCUT2D eigenvalue weighted by molar-refractivity contribution is 5.96. The van der Waals surface area contributed by atoms with Gasteiger partial charge in [0.05, 0.1) is 23.4 Å². The number of nitrogens with one attached hydrogen (secondary N) is 2. The maximum atomic E-state index is 13.4. The SMILES string of the molecule is CCCCOc1ccc(C(=O)NCCNC(=O)c2cn(-c3ccccc3)nc2C(F)(F)F)cn1. The quantitative estimate of drug-likeness (QED) is 0.437. The highest BCUT2D eigenvalue weighted by Gasteiger charge is 2.39. The molecule has 0 aliphatic rings. The van der Waals surface area contributed by atoms with E-state index in [2.05, 4.69) is 20.7 Å². The third-order valence-electron chi connectivity index (χ3n) is 4.69. The zero-order chi connectivity index (χ0) is 24.6. The van der Waals surface area contributed by atoms with Crippen molar-refractivity contribution in [3.05, 3.63) is 71.7 Å². The zero-order valence-electron chi connectivity index (χ0n) is 18.4. The van der Waals surface area contributed by atoms with Crippen LogP contribution in [0.3, 0.4) is 0 Å². The summed E-state index contributed by atoms with van der Waals surface area (Å²) in [4.78, 5) is 28.7. The van der Waals surface area contributed by atoms with Crippen LogP contribution in [-0.2, 0) is 6.18 Å². The van der Waals surface area contributed by atoms with E-state index in [1.54, 1.807) is 42.5 Å². The molecule has 11 heteroatoms. The van der Waals surface area contributed by atoms with Gasteiger partial charge in [-0.3, -0.25) is 9.59 Å². The van der Waals surface area contributed by atoms with Crippen molar-refractivity contribution in [1.29, 1.82) is 0 Å². The molecule has 0 unspecified atom stereocenters. The number of unbranched alkanes of at least 4 members (excludes halogenated alkanes) is 1. The van der Waals surface area contributed by atoms with Gasteiger partial charge in [0.25, 0.3) is 11.8 Å². The molecule has 34 heavy (non-hydrogen) atoms. The minimum atomic E-state index is -4.81. The Kier molecular flexibility index (Phi) is 8.23. The van der Waals surface area contributed by atoms with Crippen LogP contribution in [0.1, 0.15) is 46.2 Å². The molecule has 180 valence electrons. The molecule has 2 amide bonds. The van der Waals surface area contributed by atoms with Gasteiger partial charge in [0.2, 0.25) is 5.88 Å². The van der Waals surface area contributed by atoms with Gasteiger partial charge in [-0.25, -0.2) is 9.67 Å². The van der Waals surface area contributed by atoms with Crippen LogP contribution in [0.15, 0.2) is 54.9 Å². The second kappa shape index (κ2) is 11.3. The van der Waals surface area contributed by atoms with Gasteiger partial charge < -0.3 is 15.4 Å². The molecule has 1 aromatic carbocycles. The lowest BCUT2D eigenvalue weighted by Gasteiger charge is -2.09. The van der Waals surface area contributed by atoms with Crippen LogP contribution in [0.4, 0.5) is 13.2 Å². The van der Waals surface area contributed by atoms with E-state index in [1.807, 2.05) is 6.92 Å². The van der Waals surface area contributed by atoms with Gasteiger partial charge in [-0.05, 0) is 24.6 Å². The Bertz CT molecular complexity index is 1100. The number of pyridine rings is 1. The minimum absolute atomic E-state index is 0.00744. The van der Waals surface area contributed by atoms with E-state index < -0.39 is 29.2 Å². The Balaban J connectivity index is 1.55. The number of aromatic nitrogens is 3. The van der Waals surface area contributed by atoms with E-state index in [-0.39, 0.29) is 18.7 Å². The summed E-state index contributed by atoms with van der Waals surface area (Å²) in [6, 6.07) is 11.3. The number of carbonyl (C=O) groups is 2. The van der Waals surface area contributed by atoms with Crippen molar-refractivity contribution in [2.75, 3.05) is 19.7 Å². The zero-order valence-corrected chi connectivity index (χ0v) is 18.4. The molecule has 2 N–H and O–H groups in total. The molecule has 0 radical (unpaired) electrons. The summed E-state index contributed by atoms with van der Waals surface area (Å²) in [6.07, 6.45) is -0.526. The number of rotatable bonds is 10. The van der Waals surface area contributed by atoms with E-state index >= 15 is 0 Å². The van der Waals surface area contributed by atoms with E-state index in [0.29, 0.717) is 18.2 Å². The number of amides is 2. The molecule has 0 aliphatic heterocycles. The Morgan fingerprint density at radius 3 is 2.35 bits per heavy atom. The molecule has 0 aliphatic carbocycles. The minimum Gasteiger partial charge on any atom is -0.478 e. The number of nitrogens with zero attached hydrogens (tertiary/aromatic N) is 3. The first-order valence-corrected chi connectivity index (χ1v) is 10.7. The van der Waals surface area contributed by atoms with Crippen LogP contribution >= 0.6 is 0 Å². The number of para-hydroxylation sites is 1. The first-order chi connectivity index (χ1) is 16.3. The first-order valence-electron chi connectivity index (χ1n) is 10.7. The highest BCUT2D eigenvalue weighted by Crippen LogP contribution is 2.31. The van der Waals surface area contributed by atoms with Crippen molar-refractivity contribution < 1.29 is 27.5 Å². The number of alkyl halides is 3. The molecule has 8 nitrogen and oxygen atoms in total. The number of benzene rings is 1. The third-order valence-corrected chi connectivity index (χ3v) is 4.69. The van der Waals surface area contributed by atoms with Crippen molar-refractivity contribution >= 4 is 11.8 Å². The number of carbonyl (C=O) groups excluding carboxylic acids is 2. The summed E-state index contributed by atoms with van der Waals surface area (Å²) < 4.78 is 46.7. The van der Waals surface area contributed by atoms with Crippen LogP contribution in [0.2, 0.25) is 0 Å². The smallest absolute Gasteiger partial charge is 0.435 e. The van der Waals surface area contributed by atoms with Gasteiger partial charge in [-0.15, -0.1) is 0 Å². The lowest BCUT2D eigenvalue weighted by molar-refractivity contribution is -0.141. The molecule has 3 rings (SSSR count). The molecule has 2 aromatic heterocycles. The summed E-state index contributed by atoms with van der Waals surface area (Å²) in [5, 5.41) is 8.50. The largest absolute Gasteiger partial charge is 0.478 e. The predicted molar refractivity (Wildman–Crippen MR) is 118 cm³/mol. The molecular formula is C23H24F3N5O3. The Morgan fingerprint density at radius 1 is 1.03 bits per heavy atom. The average molecular weight is 475 g/mol. The molecule has 0 atom stereocenters. The molecule has 0 saturated carbocycles. The normalized spacial score (nSPS) is 11.2. The van der Waals surface area contributed by atoms with E-state index in [0.717, 1.165) is 23.7 Å². The fourth-order valence-corrected chi connectivity index (χ4v) is 2.93. The fourth-order valence-electron chi connectivity index (χ4n) is 2.93. The number of hydrogen-bond acceptors (Lipinski definition) is 5. The van der Waals surface area contributed by atoms with Gasteiger partial charge in [0.15, 0.2) is 5.69 Å². The van der Waals surface area contributed by atoms with Gasteiger partial charge >= 0.3 is 6.18 Å². The van der Waals surface area contributed by atoms with Crippen LogP contribution in [0, 0.1) is 0 Å². The maximum Gasteiger partial charge on any atom is 0.435 e. The Labute approximate surface area is 194 Å². The molecule has 0 bridgehead atoms. The summed E-state index contributed by atoms with van der Waals surface area (Å²) in [6.45, 7) is 2.51. The molecule has 2 heterocycles. The topological polar surface area (TPSA) is 98.1 Å². The van der Waals surface area contributed by atoms with Gasteiger partial charge in [0, 0.05) is 31.5 Å². The van der Waals surface area contributed by atoms with Gasteiger partial charge in [-0.2, -0.15) is 18.3 Å². The summed E-state index contributed by atoms with van der Waals surface area (Å²) >= 11 is 0. The van der Waals surface area contributed by atoms with Crippen molar-refractivity contribution in [3.8, 4) is 11.6 Å². The van der Waals surface area contributed by atoms with Crippen LogP contribution in [0.5, 0.6) is 5.88 Å². The lowest BCUT2D eigenvalue weighted by atomic mass is 10.2. The van der Waals surface area contributed by atoms with E-state index in [4.69, 9.17) is 4.74 Å². The second-order valence-corrected chi connectivity index (χ2v) is 7.27. The monoisotopic (exact) mass is 475 g/mol. The predicted octanol–water partition coefficient (Wildman–Crippen LogP) is 3.62. The number of hydrogen-bond donors (Lipinski definition) is 2. The van der Waals surface area contributed by atoms with E-state index in [9.17, 15) is 22.8 Å². The van der Waals surface area contributed by atoms with Gasteiger partial charge in [0.1, 0.15) is 0 Å². The summed E-state index contributed by atoms with van der Waals surface area (Å²) in [5.74, 6) is -0.970. The number of ether oxygens (including phenoxy) is 1. The Hall–Kier alpha value is -3.89. The van der Waals surface area contributed by atoms with Crippen molar-refractivity contribution in [3.63, 3.8) is 0 Å². The third kappa shape index (κ3) is 6.56. The molecule has 0 spiro atoms. The first kappa shape index (κ1) is 24.7. The van der Waals surface area contributed by atoms with Crippen molar-refractivity contribution in [2.24, 2.45) is 0 Å². The molecular weight excluding hydrogens is 451 g/mol. The number of halogens is 3. The van der Waals surface area contributed by atoms with Gasteiger partial charge in [-0.1, -0.05) is 31.5 Å². The molecule has 0 saturated heterocycles.